The maximum absolute atomic E-state index is 11.1. The van der Waals surface area contributed by atoms with Crippen LogP contribution in [-0.2, 0) is 0 Å². The van der Waals surface area contributed by atoms with Crippen LogP contribution in [0.5, 0.6) is 0 Å². The number of rotatable bonds is 4. The average Bonchev–Trinajstić information content (AvgIpc) is 2.41. The van der Waals surface area contributed by atoms with E-state index in [2.05, 4.69) is 5.32 Å². The molecule has 0 fully saturated rings. The summed E-state index contributed by atoms with van der Waals surface area (Å²) in [6, 6.07) is 10.5. The normalized spacial score (nSPS) is 10.0. The Kier molecular flexibility index (Phi) is 3.56. The van der Waals surface area contributed by atoms with Crippen molar-refractivity contribution in [3.8, 4) is 0 Å². The van der Waals surface area contributed by atoms with Gasteiger partial charge in [0.2, 0.25) is 0 Å². The highest BCUT2D eigenvalue weighted by Gasteiger charge is 2.11. The molecule has 0 heterocycles. The van der Waals surface area contributed by atoms with Crippen molar-refractivity contribution in [1.29, 1.82) is 0 Å². The zero-order valence-corrected chi connectivity index (χ0v) is 10.3. The first-order valence-electron chi connectivity index (χ1n) is 5.70. The van der Waals surface area contributed by atoms with Crippen molar-refractivity contribution in [3.63, 3.8) is 0 Å². The summed E-state index contributed by atoms with van der Waals surface area (Å²) in [5.41, 5.74) is 7.09. The van der Waals surface area contributed by atoms with Gasteiger partial charge in [0.15, 0.2) is 0 Å². The molecular weight excluding hydrogens is 260 g/mol. The summed E-state index contributed by atoms with van der Waals surface area (Å²) in [6.07, 6.45) is 0. The lowest BCUT2D eigenvalue weighted by Gasteiger charge is -2.10. The molecule has 5 N–H and O–H groups in total. The van der Waals surface area contributed by atoms with Gasteiger partial charge in [-0.05, 0) is 42.5 Å². The molecule has 0 aliphatic rings. The number of nitrogens with one attached hydrogen (secondary N) is 1. The molecule has 6 heteroatoms. The van der Waals surface area contributed by atoms with E-state index in [1.54, 1.807) is 24.3 Å². The van der Waals surface area contributed by atoms with E-state index in [4.69, 9.17) is 15.9 Å². The van der Waals surface area contributed by atoms with Crippen molar-refractivity contribution in [3.05, 3.63) is 53.6 Å². The van der Waals surface area contributed by atoms with Crippen LogP contribution in [0, 0.1) is 0 Å². The monoisotopic (exact) mass is 272 g/mol. The van der Waals surface area contributed by atoms with Crippen LogP contribution in [0.15, 0.2) is 42.5 Å². The van der Waals surface area contributed by atoms with Gasteiger partial charge in [0.25, 0.3) is 0 Å². The molecule has 20 heavy (non-hydrogen) atoms. The molecule has 2 rings (SSSR count). The number of carbonyl (C=O) groups is 2. The van der Waals surface area contributed by atoms with E-state index < -0.39 is 11.9 Å². The Morgan fingerprint density at radius 3 is 2.15 bits per heavy atom. The minimum Gasteiger partial charge on any atom is -0.478 e. The summed E-state index contributed by atoms with van der Waals surface area (Å²) < 4.78 is 0. The first-order chi connectivity index (χ1) is 9.47. The lowest BCUT2D eigenvalue weighted by molar-refractivity contribution is 0.0686. The molecule has 0 saturated heterocycles. The van der Waals surface area contributed by atoms with Gasteiger partial charge in [-0.2, -0.15) is 0 Å². The van der Waals surface area contributed by atoms with E-state index >= 15 is 0 Å². The van der Waals surface area contributed by atoms with E-state index in [1.807, 2.05) is 0 Å². The molecule has 0 radical (unpaired) electrons. The fraction of sp³-hybridized carbons (Fsp3) is 0. The molecule has 0 aromatic heterocycles. The van der Waals surface area contributed by atoms with Gasteiger partial charge in [-0.3, -0.25) is 0 Å². The fourth-order valence-corrected chi connectivity index (χ4v) is 1.70. The number of hydrogen-bond acceptors (Lipinski definition) is 4. The van der Waals surface area contributed by atoms with E-state index in [9.17, 15) is 9.59 Å². The van der Waals surface area contributed by atoms with E-state index in [-0.39, 0.29) is 11.1 Å². The number of nitrogens with two attached hydrogens (primary N) is 1. The highest BCUT2D eigenvalue weighted by Crippen LogP contribution is 2.23. The summed E-state index contributed by atoms with van der Waals surface area (Å²) in [5, 5.41) is 20.8. The molecular formula is C14H12N2O4. The number of nitrogen functional groups attached to an aromatic ring is 1. The van der Waals surface area contributed by atoms with Gasteiger partial charge in [-0.15, -0.1) is 0 Å². The van der Waals surface area contributed by atoms with Crippen LogP contribution >= 0.6 is 0 Å². The number of carboxylic acids is 2. The lowest BCUT2D eigenvalue weighted by atomic mass is 10.1. The maximum Gasteiger partial charge on any atom is 0.337 e. The molecule has 2 aromatic carbocycles. The molecule has 0 saturated carbocycles. The second-order valence-corrected chi connectivity index (χ2v) is 4.12. The van der Waals surface area contributed by atoms with Crippen LogP contribution < -0.4 is 11.1 Å². The van der Waals surface area contributed by atoms with Crippen LogP contribution in [-0.4, -0.2) is 22.2 Å². The van der Waals surface area contributed by atoms with Crippen molar-refractivity contribution in [2.75, 3.05) is 11.1 Å². The Bertz CT molecular complexity index is 665. The second kappa shape index (κ2) is 5.31. The Balaban J connectivity index is 2.30. The predicted octanol–water partition coefficient (Wildman–Crippen LogP) is 2.41. The molecule has 0 atom stereocenters. The predicted molar refractivity (Wildman–Crippen MR) is 74.5 cm³/mol. The summed E-state index contributed by atoms with van der Waals surface area (Å²) in [6.45, 7) is 0. The smallest absolute Gasteiger partial charge is 0.337 e. The Morgan fingerprint density at radius 2 is 1.60 bits per heavy atom. The van der Waals surface area contributed by atoms with E-state index in [0.29, 0.717) is 17.1 Å². The van der Waals surface area contributed by atoms with Gasteiger partial charge in [0, 0.05) is 11.4 Å². The Hall–Kier alpha value is -3.02. The van der Waals surface area contributed by atoms with Gasteiger partial charge in [0.1, 0.15) is 0 Å². The minimum absolute atomic E-state index is 0.0484. The van der Waals surface area contributed by atoms with Crippen LogP contribution in [0.3, 0.4) is 0 Å². The second-order valence-electron chi connectivity index (χ2n) is 4.12. The average molecular weight is 272 g/mol. The zero-order chi connectivity index (χ0) is 14.7. The molecule has 0 aliphatic carbocycles. The van der Waals surface area contributed by atoms with Crippen molar-refractivity contribution < 1.29 is 19.8 Å². The third-order valence-corrected chi connectivity index (χ3v) is 2.68. The van der Waals surface area contributed by atoms with Crippen LogP contribution in [0.25, 0.3) is 0 Å². The highest BCUT2D eigenvalue weighted by atomic mass is 16.4. The number of benzene rings is 2. The first-order valence-corrected chi connectivity index (χ1v) is 5.70. The summed E-state index contributed by atoms with van der Waals surface area (Å²) in [7, 11) is 0. The van der Waals surface area contributed by atoms with Gasteiger partial charge < -0.3 is 21.3 Å². The van der Waals surface area contributed by atoms with Gasteiger partial charge in [-0.1, -0.05) is 0 Å². The third-order valence-electron chi connectivity index (χ3n) is 2.68. The number of carboxylic acid groups (broad SMARTS) is 2. The standard InChI is InChI=1S/C14H12N2O4/c15-9-3-6-12(11(7-9)14(19)20)16-10-4-1-8(2-5-10)13(17)18/h1-7,16H,15H2,(H,17,18)(H,19,20). The molecule has 102 valence electrons. The highest BCUT2D eigenvalue weighted by molar-refractivity contribution is 5.96. The molecule has 6 nitrogen and oxygen atoms in total. The molecule has 0 aliphatic heterocycles. The van der Waals surface area contributed by atoms with E-state index in [1.165, 1.54) is 18.2 Å². The van der Waals surface area contributed by atoms with Crippen LogP contribution in [0.4, 0.5) is 17.1 Å². The SMILES string of the molecule is Nc1ccc(Nc2ccc(C(=O)O)cc2)c(C(=O)O)c1. The molecule has 0 unspecified atom stereocenters. The largest absolute Gasteiger partial charge is 0.478 e. The molecule has 2 aromatic rings. The van der Waals surface area contributed by atoms with Gasteiger partial charge in [-0.25, -0.2) is 9.59 Å². The van der Waals surface area contributed by atoms with Crippen LogP contribution in [0.2, 0.25) is 0 Å². The quantitative estimate of drug-likeness (QED) is 0.636. The molecule has 0 bridgehead atoms. The molecule has 0 spiro atoms. The topological polar surface area (TPSA) is 113 Å². The summed E-state index contributed by atoms with van der Waals surface area (Å²) in [4.78, 5) is 21.9. The third kappa shape index (κ3) is 2.86. The van der Waals surface area contributed by atoms with Gasteiger partial charge >= 0.3 is 11.9 Å². The number of hydrogen-bond donors (Lipinski definition) is 4. The molecule has 0 amide bonds. The van der Waals surface area contributed by atoms with Gasteiger partial charge in [0.05, 0.1) is 16.8 Å². The minimum atomic E-state index is -1.10. The number of aromatic carboxylic acids is 2. The van der Waals surface area contributed by atoms with Crippen molar-refractivity contribution in [2.24, 2.45) is 0 Å². The van der Waals surface area contributed by atoms with Crippen molar-refractivity contribution in [1.82, 2.24) is 0 Å². The van der Waals surface area contributed by atoms with Crippen LogP contribution in [0.1, 0.15) is 20.7 Å². The van der Waals surface area contributed by atoms with Crippen molar-refractivity contribution >= 4 is 29.0 Å². The Morgan fingerprint density at radius 1 is 0.950 bits per heavy atom. The fourth-order valence-electron chi connectivity index (χ4n) is 1.70. The lowest BCUT2D eigenvalue weighted by Crippen LogP contribution is -2.04. The zero-order valence-electron chi connectivity index (χ0n) is 10.3. The number of anilines is 3. The maximum atomic E-state index is 11.1. The first kappa shape index (κ1) is 13.4. The summed E-state index contributed by atoms with van der Waals surface area (Å²) in [5.74, 6) is -2.11. The Labute approximate surface area is 114 Å². The van der Waals surface area contributed by atoms with E-state index in [0.717, 1.165) is 0 Å². The summed E-state index contributed by atoms with van der Waals surface area (Å²) >= 11 is 0. The van der Waals surface area contributed by atoms with Crippen molar-refractivity contribution in [2.45, 2.75) is 0 Å².